The molecule has 0 aliphatic carbocycles. The Labute approximate surface area is 83.7 Å². The SMILES string of the molecule is CNCc1cnn2c(C)c(C)ccc12. The minimum Gasteiger partial charge on any atom is -0.316 e. The molecule has 2 heterocycles. The van der Waals surface area contributed by atoms with Gasteiger partial charge in [0.15, 0.2) is 0 Å². The normalized spacial score (nSPS) is 11.1. The van der Waals surface area contributed by atoms with Crippen LogP contribution in [-0.4, -0.2) is 16.7 Å². The molecule has 14 heavy (non-hydrogen) atoms. The zero-order chi connectivity index (χ0) is 10.1. The van der Waals surface area contributed by atoms with E-state index in [0.29, 0.717) is 0 Å². The highest BCUT2D eigenvalue weighted by Gasteiger charge is 2.05. The van der Waals surface area contributed by atoms with E-state index in [9.17, 15) is 0 Å². The van der Waals surface area contributed by atoms with E-state index in [1.54, 1.807) is 0 Å². The fourth-order valence-corrected chi connectivity index (χ4v) is 1.65. The number of aryl methyl sites for hydroxylation is 2. The summed E-state index contributed by atoms with van der Waals surface area (Å²) in [6.45, 7) is 5.07. The summed E-state index contributed by atoms with van der Waals surface area (Å²) in [4.78, 5) is 0. The first-order valence-corrected chi connectivity index (χ1v) is 4.81. The Bertz CT molecular complexity index is 457. The largest absolute Gasteiger partial charge is 0.316 e. The first-order valence-electron chi connectivity index (χ1n) is 4.81. The van der Waals surface area contributed by atoms with Gasteiger partial charge >= 0.3 is 0 Å². The summed E-state index contributed by atoms with van der Waals surface area (Å²) in [7, 11) is 1.95. The van der Waals surface area contributed by atoms with Gasteiger partial charge in [-0.05, 0) is 32.5 Å². The molecule has 0 amide bonds. The van der Waals surface area contributed by atoms with Gasteiger partial charge in [-0.1, -0.05) is 6.07 Å². The Morgan fingerprint density at radius 3 is 2.86 bits per heavy atom. The fraction of sp³-hybridized carbons (Fsp3) is 0.364. The van der Waals surface area contributed by atoms with Crippen LogP contribution in [0.5, 0.6) is 0 Å². The zero-order valence-electron chi connectivity index (χ0n) is 8.83. The van der Waals surface area contributed by atoms with Gasteiger partial charge in [0.05, 0.1) is 11.7 Å². The second-order valence-corrected chi connectivity index (χ2v) is 3.60. The number of hydrogen-bond acceptors (Lipinski definition) is 2. The van der Waals surface area contributed by atoms with Crippen molar-refractivity contribution in [3.63, 3.8) is 0 Å². The molecule has 3 heteroatoms. The van der Waals surface area contributed by atoms with Gasteiger partial charge in [0, 0.05) is 17.8 Å². The second-order valence-electron chi connectivity index (χ2n) is 3.60. The van der Waals surface area contributed by atoms with Gasteiger partial charge in [-0.25, -0.2) is 4.52 Å². The molecule has 0 saturated heterocycles. The van der Waals surface area contributed by atoms with Crippen LogP contribution in [-0.2, 0) is 6.54 Å². The van der Waals surface area contributed by atoms with E-state index in [1.165, 1.54) is 22.3 Å². The highest BCUT2D eigenvalue weighted by molar-refractivity contribution is 5.55. The maximum atomic E-state index is 4.37. The van der Waals surface area contributed by atoms with Crippen LogP contribution in [0.2, 0.25) is 0 Å². The van der Waals surface area contributed by atoms with E-state index in [4.69, 9.17) is 0 Å². The summed E-state index contributed by atoms with van der Waals surface area (Å²) in [6, 6.07) is 4.27. The lowest BCUT2D eigenvalue weighted by Crippen LogP contribution is -2.04. The van der Waals surface area contributed by atoms with E-state index in [2.05, 4.69) is 36.4 Å². The molecule has 1 N–H and O–H groups in total. The summed E-state index contributed by atoms with van der Waals surface area (Å²) >= 11 is 0. The molecule has 0 aliphatic rings. The van der Waals surface area contributed by atoms with Gasteiger partial charge in [-0.2, -0.15) is 5.10 Å². The molecule has 0 radical (unpaired) electrons. The van der Waals surface area contributed by atoms with Crippen LogP contribution in [0, 0.1) is 13.8 Å². The second kappa shape index (κ2) is 3.42. The Morgan fingerprint density at radius 1 is 1.36 bits per heavy atom. The molecule has 0 unspecified atom stereocenters. The Morgan fingerprint density at radius 2 is 2.14 bits per heavy atom. The minimum atomic E-state index is 0.867. The standard InChI is InChI=1S/C11H15N3/c1-8-4-5-11-10(6-12-3)7-13-14(11)9(8)2/h4-5,7,12H,6H2,1-3H3. The van der Waals surface area contributed by atoms with Crippen molar-refractivity contribution in [3.05, 3.63) is 35.2 Å². The van der Waals surface area contributed by atoms with E-state index in [-0.39, 0.29) is 0 Å². The van der Waals surface area contributed by atoms with Gasteiger partial charge in [0.1, 0.15) is 0 Å². The first-order chi connectivity index (χ1) is 6.74. The molecule has 2 aromatic heterocycles. The quantitative estimate of drug-likeness (QED) is 0.778. The molecule has 0 spiro atoms. The molecule has 2 aromatic rings. The number of rotatable bonds is 2. The van der Waals surface area contributed by atoms with Crippen LogP contribution >= 0.6 is 0 Å². The fourth-order valence-electron chi connectivity index (χ4n) is 1.65. The minimum absolute atomic E-state index is 0.867. The maximum Gasteiger partial charge on any atom is 0.0709 e. The molecule has 0 saturated carbocycles. The summed E-state index contributed by atoms with van der Waals surface area (Å²) in [5.74, 6) is 0. The zero-order valence-corrected chi connectivity index (χ0v) is 8.83. The summed E-state index contributed by atoms with van der Waals surface area (Å²) in [5.41, 5.74) is 4.93. The Kier molecular flexibility index (Phi) is 2.25. The molecule has 0 atom stereocenters. The average molecular weight is 189 g/mol. The lowest BCUT2D eigenvalue weighted by Gasteiger charge is -2.03. The van der Waals surface area contributed by atoms with Gasteiger partial charge in [0.25, 0.3) is 0 Å². The lowest BCUT2D eigenvalue weighted by molar-refractivity contribution is 0.823. The Balaban J connectivity index is 2.64. The third-order valence-corrected chi connectivity index (χ3v) is 2.63. The summed E-state index contributed by atoms with van der Waals surface area (Å²) < 4.78 is 2.00. The van der Waals surface area contributed by atoms with Crippen molar-refractivity contribution >= 4 is 5.52 Å². The van der Waals surface area contributed by atoms with E-state index < -0.39 is 0 Å². The molecule has 74 valence electrons. The van der Waals surface area contributed by atoms with Crippen LogP contribution in [0.1, 0.15) is 16.8 Å². The molecular weight excluding hydrogens is 174 g/mol. The topological polar surface area (TPSA) is 29.3 Å². The Hall–Kier alpha value is -1.35. The summed E-state index contributed by atoms with van der Waals surface area (Å²) in [5, 5.41) is 7.52. The van der Waals surface area contributed by atoms with Crippen LogP contribution in [0.25, 0.3) is 5.52 Å². The van der Waals surface area contributed by atoms with Crippen molar-refractivity contribution in [1.29, 1.82) is 0 Å². The van der Waals surface area contributed by atoms with Crippen LogP contribution in [0.3, 0.4) is 0 Å². The van der Waals surface area contributed by atoms with Crippen LogP contribution < -0.4 is 5.32 Å². The van der Waals surface area contributed by atoms with Gasteiger partial charge < -0.3 is 5.32 Å². The third kappa shape index (κ3) is 1.30. The molecule has 3 nitrogen and oxygen atoms in total. The predicted octanol–water partition coefficient (Wildman–Crippen LogP) is 1.67. The summed E-state index contributed by atoms with van der Waals surface area (Å²) in [6.07, 6.45) is 1.93. The van der Waals surface area contributed by atoms with Crippen LogP contribution in [0.4, 0.5) is 0 Å². The number of nitrogens with zero attached hydrogens (tertiary/aromatic N) is 2. The average Bonchev–Trinajstić information content (AvgIpc) is 2.57. The molecule has 0 bridgehead atoms. The smallest absolute Gasteiger partial charge is 0.0709 e. The van der Waals surface area contributed by atoms with E-state index in [1.807, 2.05) is 17.8 Å². The van der Waals surface area contributed by atoms with Crippen molar-refractivity contribution in [2.24, 2.45) is 0 Å². The predicted molar refractivity (Wildman–Crippen MR) is 57.4 cm³/mol. The number of fused-ring (bicyclic) bond motifs is 1. The van der Waals surface area contributed by atoms with Crippen molar-refractivity contribution in [2.45, 2.75) is 20.4 Å². The maximum absolute atomic E-state index is 4.37. The molecule has 0 fully saturated rings. The first kappa shape index (κ1) is 9.21. The number of hydrogen-bond donors (Lipinski definition) is 1. The lowest BCUT2D eigenvalue weighted by atomic mass is 10.2. The van der Waals surface area contributed by atoms with Gasteiger partial charge in [-0.3, -0.25) is 0 Å². The molecular formula is C11H15N3. The number of pyridine rings is 1. The van der Waals surface area contributed by atoms with Gasteiger partial charge in [0.2, 0.25) is 0 Å². The van der Waals surface area contributed by atoms with Gasteiger partial charge in [-0.15, -0.1) is 0 Å². The highest BCUT2D eigenvalue weighted by Crippen LogP contribution is 2.14. The third-order valence-electron chi connectivity index (χ3n) is 2.63. The number of aromatic nitrogens is 2. The van der Waals surface area contributed by atoms with Crippen LogP contribution in [0.15, 0.2) is 18.3 Å². The number of nitrogens with one attached hydrogen (secondary N) is 1. The molecule has 2 rings (SSSR count). The molecule has 0 aliphatic heterocycles. The highest BCUT2D eigenvalue weighted by atomic mass is 15.2. The monoisotopic (exact) mass is 189 g/mol. The van der Waals surface area contributed by atoms with Crippen molar-refractivity contribution in [3.8, 4) is 0 Å². The van der Waals surface area contributed by atoms with Crippen molar-refractivity contribution < 1.29 is 0 Å². The van der Waals surface area contributed by atoms with Crippen molar-refractivity contribution in [2.75, 3.05) is 7.05 Å². The van der Waals surface area contributed by atoms with E-state index >= 15 is 0 Å². The molecule has 0 aromatic carbocycles. The van der Waals surface area contributed by atoms with Crippen molar-refractivity contribution in [1.82, 2.24) is 14.9 Å². The van der Waals surface area contributed by atoms with E-state index in [0.717, 1.165) is 6.54 Å².